The third-order valence-corrected chi connectivity index (χ3v) is 11.0. The first-order valence-corrected chi connectivity index (χ1v) is 18.6. The molecule has 2 heterocycles. The van der Waals surface area contributed by atoms with Crippen LogP contribution in [0.2, 0.25) is 0 Å². The zero-order valence-corrected chi connectivity index (χ0v) is 29.5. The van der Waals surface area contributed by atoms with Crippen LogP contribution in [0.15, 0.2) is 198 Å². The highest BCUT2D eigenvalue weighted by Crippen LogP contribution is 2.49. The predicted octanol–water partition coefficient (Wildman–Crippen LogP) is 13.2. The van der Waals surface area contributed by atoms with Crippen LogP contribution in [0.5, 0.6) is 0 Å². The average molecular weight is 694 g/mol. The Bertz CT molecular complexity index is 2740. The maximum atomic E-state index is 4.94. The standard InChI is InChI=1S/C49H31N3S/c1-3-12-34(13-4-1)47-50-48(35-14-5-2-6-15-35)52-49(51-47)40-20-10-17-37(29-40)33-26-24-32(25-27-33)36-16-9-18-38(28-36)41-30-39-19-11-23-45-46(39)43(31-41)42-21-7-8-22-44(42)53-45/h1-31H. The highest BCUT2D eigenvalue weighted by atomic mass is 32.2. The highest BCUT2D eigenvalue weighted by Gasteiger charge is 2.20. The number of nitrogens with zero attached hydrogens (tertiary/aromatic N) is 3. The largest absolute Gasteiger partial charge is 0.208 e. The fourth-order valence-electron chi connectivity index (χ4n) is 7.26. The lowest BCUT2D eigenvalue weighted by Gasteiger charge is -2.21. The summed E-state index contributed by atoms with van der Waals surface area (Å²) in [6.45, 7) is 0. The van der Waals surface area contributed by atoms with Gasteiger partial charge >= 0.3 is 0 Å². The van der Waals surface area contributed by atoms with E-state index in [4.69, 9.17) is 15.0 Å². The number of fused-ring (bicyclic) bond motifs is 2. The van der Waals surface area contributed by atoms with Crippen molar-refractivity contribution >= 4 is 22.5 Å². The van der Waals surface area contributed by atoms with Crippen LogP contribution in [0, 0.1) is 0 Å². The van der Waals surface area contributed by atoms with Crippen LogP contribution in [0.3, 0.4) is 0 Å². The average Bonchev–Trinajstić information content (AvgIpc) is 3.24. The second-order valence-electron chi connectivity index (χ2n) is 13.3. The molecular formula is C49H31N3S. The summed E-state index contributed by atoms with van der Waals surface area (Å²) in [7, 11) is 0. The van der Waals surface area contributed by atoms with Crippen molar-refractivity contribution in [1.29, 1.82) is 0 Å². The number of hydrogen-bond donors (Lipinski definition) is 0. The van der Waals surface area contributed by atoms with Gasteiger partial charge in [0.15, 0.2) is 17.5 Å². The van der Waals surface area contributed by atoms with Gasteiger partial charge < -0.3 is 0 Å². The van der Waals surface area contributed by atoms with E-state index in [0.29, 0.717) is 17.5 Å². The van der Waals surface area contributed by atoms with Gasteiger partial charge in [-0.05, 0) is 86.3 Å². The summed E-state index contributed by atoms with van der Waals surface area (Å²) in [4.78, 5) is 17.4. The summed E-state index contributed by atoms with van der Waals surface area (Å²) in [6.07, 6.45) is 0. The molecular weight excluding hydrogens is 663 g/mol. The Morgan fingerprint density at radius 3 is 1.40 bits per heavy atom. The Labute approximate surface area is 312 Å². The fraction of sp³-hybridized carbons (Fsp3) is 0. The molecule has 0 aliphatic carbocycles. The van der Waals surface area contributed by atoms with Crippen molar-refractivity contribution in [3.05, 3.63) is 188 Å². The molecule has 1 aliphatic heterocycles. The van der Waals surface area contributed by atoms with E-state index in [1.165, 1.54) is 53.9 Å². The van der Waals surface area contributed by atoms with Gasteiger partial charge in [-0.1, -0.05) is 163 Å². The minimum Gasteiger partial charge on any atom is -0.208 e. The molecule has 1 aromatic heterocycles. The molecule has 0 fully saturated rings. The quantitative estimate of drug-likeness (QED) is 0.174. The normalized spacial score (nSPS) is 11.7. The van der Waals surface area contributed by atoms with E-state index in [1.807, 2.05) is 72.4 Å². The second kappa shape index (κ2) is 13.2. The van der Waals surface area contributed by atoms with Crippen molar-refractivity contribution in [2.75, 3.05) is 0 Å². The molecule has 10 rings (SSSR count). The van der Waals surface area contributed by atoms with Crippen molar-refractivity contribution in [1.82, 2.24) is 15.0 Å². The molecule has 9 aromatic rings. The van der Waals surface area contributed by atoms with Gasteiger partial charge in [-0.25, -0.2) is 15.0 Å². The SMILES string of the molecule is c1ccc(-c2nc(-c3ccccc3)nc(-c3cccc(-c4ccc(-c5cccc(-c6cc7c8c(cccc8c6)Sc6ccccc6-7)c5)cc4)c3)n2)cc1. The van der Waals surface area contributed by atoms with Crippen molar-refractivity contribution in [3.8, 4) is 78.7 Å². The topological polar surface area (TPSA) is 38.7 Å². The first-order chi connectivity index (χ1) is 26.2. The molecule has 0 saturated heterocycles. The molecule has 0 bridgehead atoms. The van der Waals surface area contributed by atoms with E-state index in [-0.39, 0.29) is 0 Å². The van der Waals surface area contributed by atoms with Crippen LogP contribution in [0.1, 0.15) is 0 Å². The smallest absolute Gasteiger partial charge is 0.164 e. The van der Waals surface area contributed by atoms with Gasteiger partial charge in [-0.2, -0.15) is 0 Å². The van der Waals surface area contributed by atoms with E-state index >= 15 is 0 Å². The van der Waals surface area contributed by atoms with E-state index in [2.05, 4.69) is 127 Å². The van der Waals surface area contributed by atoms with Crippen LogP contribution >= 0.6 is 11.8 Å². The lowest BCUT2D eigenvalue weighted by molar-refractivity contribution is 1.07. The Balaban J connectivity index is 0.979. The molecule has 1 aliphatic rings. The summed E-state index contributed by atoms with van der Waals surface area (Å²) in [5.41, 5.74) is 12.5. The molecule has 3 nitrogen and oxygen atoms in total. The van der Waals surface area contributed by atoms with E-state index in [9.17, 15) is 0 Å². The van der Waals surface area contributed by atoms with Crippen molar-refractivity contribution in [3.63, 3.8) is 0 Å². The van der Waals surface area contributed by atoms with Crippen LogP contribution in [0.4, 0.5) is 0 Å². The molecule has 0 N–H and O–H groups in total. The van der Waals surface area contributed by atoms with Gasteiger partial charge in [0, 0.05) is 31.9 Å². The lowest BCUT2D eigenvalue weighted by Crippen LogP contribution is -2.00. The van der Waals surface area contributed by atoms with Gasteiger partial charge in [0.1, 0.15) is 0 Å². The minimum absolute atomic E-state index is 0.647. The molecule has 0 radical (unpaired) electrons. The van der Waals surface area contributed by atoms with Crippen molar-refractivity contribution in [2.24, 2.45) is 0 Å². The third kappa shape index (κ3) is 5.89. The Kier molecular flexibility index (Phi) is 7.74. The second-order valence-corrected chi connectivity index (χ2v) is 14.3. The molecule has 0 unspecified atom stereocenters. The number of hydrogen-bond acceptors (Lipinski definition) is 4. The van der Waals surface area contributed by atoms with Gasteiger partial charge in [0.25, 0.3) is 0 Å². The van der Waals surface area contributed by atoms with Crippen molar-refractivity contribution in [2.45, 2.75) is 9.79 Å². The number of aromatic nitrogens is 3. The van der Waals surface area contributed by atoms with Gasteiger partial charge in [-0.3, -0.25) is 0 Å². The molecule has 0 atom stereocenters. The molecule has 0 saturated carbocycles. The lowest BCUT2D eigenvalue weighted by atomic mass is 9.91. The summed E-state index contributed by atoms with van der Waals surface area (Å²) >= 11 is 1.87. The van der Waals surface area contributed by atoms with Crippen molar-refractivity contribution < 1.29 is 0 Å². The first-order valence-electron chi connectivity index (χ1n) is 17.8. The van der Waals surface area contributed by atoms with E-state index in [0.717, 1.165) is 27.8 Å². The molecule has 53 heavy (non-hydrogen) atoms. The minimum atomic E-state index is 0.647. The fourth-order valence-corrected chi connectivity index (χ4v) is 8.41. The van der Waals surface area contributed by atoms with Gasteiger partial charge in [0.05, 0.1) is 0 Å². The maximum Gasteiger partial charge on any atom is 0.164 e. The zero-order chi connectivity index (χ0) is 35.1. The summed E-state index contributed by atoms with van der Waals surface area (Å²) < 4.78 is 0. The van der Waals surface area contributed by atoms with E-state index < -0.39 is 0 Å². The molecule has 248 valence electrons. The molecule has 8 aromatic carbocycles. The first kappa shape index (κ1) is 31.1. The monoisotopic (exact) mass is 693 g/mol. The summed E-state index contributed by atoms with van der Waals surface area (Å²) in [5, 5.41) is 2.62. The third-order valence-electron chi connectivity index (χ3n) is 9.90. The van der Waals surface area contributed by atoms with Gasteiger partial charge in [0.2, 0.25) is 0 Å². The van der Waals surface area contributed by atoms with Crippen LogP contribution < -0.4 is 0 Å². The predicted molar refractivity (Wildman–Crippen MR) is 220 cm³/mol. The van der Waals surface area contributed by atoms with Gasteiger partial charge in [-0.15, -0.1) is 0 Å². The Hall–Kier alpha value is -6.62. The molecule has 0 amide bonds. The molecule has 0 spiro atoms. The maximum absolute atomic E-state index is 4.94. The zero-order valence-electron chi connectivity index (χ0n) is 28.6. The Morgan fingerprint density at radius 1 is 0.283 bits per heavy atom. The van der Waals surface area contributed by atoms with Crippen LogP contribution in [-0.4, -0.2) is 15.0 Å². The number of benzene rings is 8. The number of rotatable bonds is 6. The highest BCUT2D eigenvalue weighted by molar-refractivity contribution is 7.99. The summed E-state index contributed by atoms with van der Waals surface area (Å²) in [6, 6.07) is 66.5. The summed E-state index contributed by atoms with van der Waals surface area (Å²) in [5.74, 6) is 1.96. The van der Waals surface area contributed by atoms with Crippen LogP contribution in [0.25, 0.3) is 89.4 Å². The molecule has 4 heteroatoms. The van der Waals surface area contributed by atoms with E-state index in [1.54, 1.807) is 0 Å². The van der Waals surface area contributed by atoms with Crippen LogP contribution in [-0.2, 0) is 0 Å². The Morgan fingerprint density at radius 2 is 0.755 bits per heavy atom.